The van der Waals surface area contributed by atoms with Crippen LogP contribution in [0.4, 0.5) is 5.69 Å². The van der Waals surface area contributed by atoms with Gasteiger partial charge in [0.25, 0.3) is 0 Å². The van der Waals surface area contributed by atoms with Crippen LogP contribution in [0.2, 0.25) is 0 Å². The summed E-state index contributed by atoms with van der Waals surface area (Å²) in [5.41, 5.74) is 0.671. The second kappa shape index (κ2) is 6.23. The van der Waals surface area contributed by atoms with Gasteiger partial charge in [-0.2, -0.15) is 0 Å². The Balaban J connectivity index is 1.44. The Labute approximate surface area is 147 Å². The van der Waals surface area contributed by atoms with Crippen molar-refractivity contribution in [2.75, 3.05) is 44.8 Å². The van der Waals surface area contributed by atoms with Crippen molar-refractivity contribution >= 4 is 11.6 Å². The lowest BCUT2D eigenvalue weighted by atomic mass is 9.79. The molecule has 0 atom stereocenters. The van der Waals surface area contributed by atoms with Crippen LogP contribution in [0.5, 0.6) is 0 Å². The number of ether oxygens (including phenoxy) is 2. The molecule has 1 spiro atoms. The highest BCUT2D eigenvalue weighted by Crippen LogP contribution is 2.44. The first-order valence-electron chi connectivity index (χ1n) is 8.96. The number of likely N-dealkylation sites (N-methyl/N-ethyl adjacent to an activating group) is 1. The van der Waals surface area contributed by atoms with Gasteiger partial charge < -0.3 is 24.4 Å². The molecule has 0 radical (unpaired) electrons. The summed E-state index contributed by atoms with van der Waals surface area (Å²) >= 11 is 0. The highest BCUT2D eigenvalue weighted by molar-refractivity contribution is 5.82. The lowest BCUT2D eigenvalue weighted by Gasteiger charge is -2.40. The molecular weight excluding hydrogens is 322 g/mol. The minimum absolute atomic E-state index is 0.114. The fourth-order valence-corrected chi connectivity index (χ4v) is 3.91. The monoisotopic (exact) mass is 347 g/mol. The molecule has 0 aromatic carbocycles. The molecule has 7 nitrogen and oxygen atoms in total. The first-order chi connectivity index (χ1) is 12.0. The average Bonchev–Trinajstić information content (AvgIpc) is 3.09. The molecule has 0 bridgehead atoms. The van der Waals surface area contributed by atoms with E-state index < -0.39 is 11.4 Å². The van der Waals surface area contributed by atoms with Crippen LogP contribution in [0.25, 0.3) is 0 Å². The van der Waals surface area contributed by atoms with E-state index >= 15 is 0 Å². The van der Waals surface area contributed by atoms with Gasteiger partial charge in [0.1, 0.15) is 5.60 Å². The Morgan fingerprint density at radius 1 is 1.12 bits per heavy atom. The highest BCUT2D eigenvalue weighted by atomic mass is 16.7. The summed E-state index contributed by atoms with van der Waals surface area (Å²) in [5.74, 6) is -0.380. The van der Waals surface area contributed by atoms with Crippen LogP contribution in [0.15, 0.2) is 18.3 Å². The van der Waals surface area contributed by atoms with Crippen LogP contribution in [0, 0.1) is 0 Å². The molecule has 1 saturated carbocycles. The van der Waals surface area contributed by atoms with Gasteiger partial charge in [0.15, 0.2) is 5.79 Å². The molecule has 4 rings (SSSR count). The molecule has 1 aliphatic carbocycles. The van der Waals surface area contributed by atoms with Gasteiger partial charge in [0.2, 0.25) is 5.91 Å². The predicted molar refractivity (Wildman–Crippen MR) is 91.1 cm³/mol. The molecule has 2 aliphatic heterocycles. The molecule has 136 valence electrons. The average molecular weight is 347 g/mol. The molecule has 1 N–H and O–H groups in total. The van der Waals surface area contributed by atoms with E-state index in [0.29, 0.717) is 57.7 Å². The van der Waals surface area contributed by atoms with Crippen molar-refractivity contribution in [3.8, 4) is 0 Å². The first-order valence-corrected chi connectivity index (χ1v) is 8.96. The third kappa shape index (κ3) is 3.12. The minimum atomic E-state index is -0.934. The van der Waals surface area contributed by atoms with Gasteiger partial charge in [-0.15, -0.1) is 0 Å². The number of hydrogen-bond acceptors (Lipinski definition) is 6. The van der Waals surface area contributed by atoms with Crippen LogP contribution >= 0.6 is 0 Å². The van der Waals surface area contributed by atoms with Gasteiger partial charge in [-0.1, -0.05) is 0 Å². The fraction of sp³-hybridized carbons (Fsp3) is 0.667. The van der Waals surface area contributed by atoms with E-state index in [1.165, 1.54) is 0 Å². The van der Waals surface area contributed by atoms with Gasteiger partial charge in [-0.25, -0.2) is 0 Å². The van der Waals surface area contributed by atoms with E-state index in [0.717, 1.165) is 12.2 Å². The zero-order chi connectivity index (χ0) is 17.5. The molecule has 7 heteroatoms. The molecular formula is C18H25N3O4. The summed E-state index contributed by atoms with van der Waals surface area (Å²) in [7, 11) is 1.82. The van der Waals surface area contributed by atoms with Gasteiger partial charge in [0.05, 0.1) is 37.3 Å². The van der Waals surface area contributed by atoms with Crippen LogP contribution in [-0.4, -0.2) is 66.6 Å². The van der Waals surface area contributed by atoms with E-state index in [4.69, 9.17) is 9.47 Å². The summed E-state index contributed by atoms with van der Waals surface area (Å²) in [6.07, 6.45) is 4.28. The first kappa shape index (κ1) is 16.8. The van der Waals surface area contributed by atoms with Crippen molar-refractivity contribution in [3.63, 3.8) is 0 Å². The largest absolute Gasteiger partial charge is 0.384 e. The molecule has 3 fully saturated rings. The summed E-state index contributed by atoms with van der Waals surface area (Å²) in [4.78, 5) is 20.1. The van der Waals surface area contributed by atoms with E-state index in [9.17, 15) is 9.90 Å². The molecule has 1 aromatic rings. The zero-order valence-corrected chi connectivity index (χ0v) is 14.6. The number of nitrogens with zero attached hydrogens (tertiary/aromatic N) is 3. The Morgan fingerprint density at radius 3 is 2.44 bits per heavy atom. The standard InChI is InChI=1S/C18H25N3O4/c1-20-8-9-21(13-16(20)22)14-2-3-15(19-12-14)17(23)4-6-18(7-5-17)24-10-11-25-18/h2-3,12,23H,4-11,13H2,1H3. The Hall–Kier alpha value is -1.70. The lowest BCUT2D eigenvalue weighted by Crippen LogP contribution is -2.48. The maximum absolute atomic E-state index is 11.9. The molecule has 25 heavy (non-hydrogen) atoms. The SMILES string of the molecule is CN1CCN(c2ccc(C3(O)CCC4(CC3)OCCO4)nc2)CC1=O. The maximum atomic E-state index is 11.9. The number of amides is 1. The van der Waals surface area contributed by atoms with E-state index in [2.05, 4.69) is 4.98 Å². The normalized spacial score (nSPS) is 25.6. The minimum Gasteiger partial charge on any atom is -0.384 e. The topological polar surface area (TPSA) is 75.1 Å². The number of aliphatic hydroxyl groups is 1. The molecule has 1 aromatic heterocycles. The number of hydrogen-bond donors (Lipinski definition) is 1. The van der Waals surface area contributed by atoms with Crippen molar-refractivity contribution < 1.29 is 19.4 Å². The molecule has 0 unspecified atom stereocenters. The number of carbonyl (C=O) groups is 1. The predicted octanol–water partition coefficient (Wildman–Crippen LogP) is 0.865. The van der Waals surface area contributed by atoms with Crippen LogP contribution < -0.4 is 4.90 Å². The number of rotatable bonds is 2. The van der Waals surface area contributed by atoms with Crippen LogP contribution in [0.1, 0.15) is 31.4 Å². The van der Waals surface area contributed by atoms with Crippen LogP contribution in [0.3, 0.4) is 0 Å². The number of aromatic nitrogens is 1. The zero-order valence-electron chi connectivity index (χ0n) is 14.6. The van der Waals surface area contributed by atoms with E-state index in [1.54, 1.807) is 11.1 Å². The third-order valence-electron chi connectivity index (χ3n) is 5.70. The second-order valence-electron chi connectivity index (χ2n) is 7.28. The third-order valence-corrected chi connectivity index (χ3v) is 5.70. The quantitative estimate of drug-likeness (QED) is 0.855. The lowest BCUT2D eigenvalue weighted by molar-refractivity contribution is -0.204. The van der Waals surface area contributed by atoms with Crippen molar-refractivity contribution in [2.45, 2.75) is 37.1 Å². The Bertz CT molecular complexity index is 632. The number of carbonyl (C=O) groups excluding carboxylic acids is 1. The summed E-state index contributed by atoms with van der Waals surface area (Å²) in [5, 5.41) is 11.0. The van der Waals surface area contributed by atoms with Crippen molar-refractivity contribution in [1.29, 1.82) is 0 Å². The summed E-state index contributed by atoms with van der Waals surface area (Å²) in [6, 6.07) is 3.83. The number of pyridine rings is 1. The Kier molecular flexibility index (Phi) is 4.17. The molecule has 3 aliphatic rings. The van der Waals surface area contributed by atoms with Gasteiger partial charge in [0, 0.05) is 33.0 Å². The van der Waals surface area contributed by atoms with Gasteiger partial charge in [-0.3, -0.25) is 9.78 Å². The van der Waals surface area contributed by atoms with Gasteiger partial charge in [-0.05, 0) is 25.0 Å². The fourth-order valence-electron chi connectivity index (χ4n) is 3.91. The summed E-state index contributed by atoms with van der Waals surface area (Å²) in [6.45, 7) is 3.15. The van der Waals surface area contributed by atoms with Crippen LogP contribution in [-0.2, 0) is 19.9 Å². The molecule has 2 saturated heterocycles. The van der Waals surface area contributed by atoms with Crippen molar-refractivity contribution in [3.05, 3.63) is 24.0 Å². The number of anilines is 1. The second-order valence-corrected chi connectivity index (χ2v) is 7.28. The van der Waals surface area contributed by atoms with Crippen molar-refractivity contribution in [1.82, 2.24) is 9.88 Å². The highest BCUT2D eigenvalue weighted by Gasteiger charge is 2.46. The Morgan fingerprint density at radius 2 is 1.84 bits per heavy atom. The number of piperazine rings is 1. The molecule has 3 heterocycles. The maximum Gasteiger partial charge on any atom is 0.241 e. The summed E-state index contributed by atoms with van der Waals surface area (Å²) < 4.78 is 11.5. The molecule has 1 amide bonds. The van der Waals surface area contributed by atoms with E-state index in [-0.39, 0.29) is 5.91 Å². The van der Waals surface area contributed by atoms with Crippen molar-refractivity contribution in [2.24, 2.45) is 0 Å². The van der Waals surface area contributed by atoms with Gasteiger partial charge >= 0.3 is 0 Å². The smallest absolute Gasteiger partial charge is 0.241 e. The van der Waals surface area contributed by atoms with E-state index in [1.807, 2.05) is 24.1 Å².